The van der Waals surface area contributed by atoms with Crippen LogP contribution < -0.4 is 24.4 Å². The average molecular weight is 466 g/mol. The number of hydrogen-bond acceptors (Lipinski definition) is 6. The molecular formula is C25H27N3O4S. The first-order chi connectivity index (χ1) is 15.7. The first-order valence-corrected chi connectivity index (χ1v) is 11.4. The maximum Gasteiger partial charge on any atom is 0.271 e. The molecule has 172 valence electrons. The zero-order valence-electron chi connectivity index (χ0n) is 19.8. The van der Waals surface area contributed by atoms with E-state index < -0.39 is 6.04 Å². The number of fused-ring (bicyclic) bond motifs is 1. The Morgan fingerprint density at radius 2 is 1.88 bits per heavy atom. The van der Waals surface area contributed by atoms with E-state index >= 15 is 0 Å². The summed E-state index contributed by atoms with van der Waals surface area (Å²) >= 11 is 1.33. The molecule has 2 aromatic heterocycles. The van der Waals surface area contributed by atoms with E-state index in [1.165, 1.54) is 18.3 Å². The Kier molecular flexibility index (Phi) is 5.88. The number of carbonyl (C=O) groups excluding carboxylic acids is 1. The number of aromatic nitrogens is 2. The fourth-order valence-corrected chi connectivity index (χ4v) is 5.32. The molecule has 8 heteroatoms. The van der Waals surface area contributed by atoms with Crippen molar-refractivity contribution in [3.8, 4) is 11.5 Å². The van der Waals surface area contributed by atoms with E-state index in [2.05, 4.69) is 15.6 Å². The number of ether oxygens (including phenoxy) is 2. The summed E-state index contributed by atoms with van der Waals surface area (Å²) in [5.41, 5.74) is 4.77. The molecule has 0 fully saturated rings. The minimum absolute atomic E-state index is 0.136. The summed E-state index contributed by atoms with van der Waals surface area (Å²) in [6.45, 7) is 7.37. The van der Waals surface area contributed by atoms with Crippen LogP contribution in [-0.2, 0) is 11.8 Å². The molecule has 0 unspecified atom stereocenters. The monoisotopic (exact) mass is 465 g/mol. The van der Waals surface area contributed by atoms with Gasteiger partial charge in [0.1, 0.15) is 11.5 Å². The Labute approximate surface area is 195 Å². The van der Waals surface area contributed by atoms with Crippen LogP contribution >= 0.6 is 11.3 Å². The molecule has 3 heterocycles. The first-order valence-electron chi connectivity index (χ1n) is 10.6. The lowest BCUT2D eigenvalue weighted by Gasteiger charge is -2.26. The summed E-state index contributed by atoms with van der Waals surface area (Å²) < 4.78 is 15.2. The second-order valence-electron chi connectivity index (χ2n) is 8.13. The molecule has 0 radical (unpaired) electrons. The van der Waals surface area contributed by atoms with Gasteiger partial charge in [-0.1, -0.05) is 11.3 Å². The van der Waals surface area contributed by atoms with Crippen LogP contribution in [-0.4, -0.2) is 29.1 Å². The molecule has 0 aliphatic carbocycles. The summed E-state index contributed by atoms with van der Waals surface area (Å²) in [5, 5.41) is 0. The Hall–Kier alpha value is -3.39. The number of nitrogens with zero attached hydrogens (tertiary/aromatic N) is 3. The lowest BCUT2D eigenvalue weighted by molar-refractivity contribution is -0.114. The molecule has 3 aromatic rings. The minimum atomic E-state index is -0.639. The normalized spacial score (nSPS) is 16.0. The van der Waals surface area contributed by atoms with Gasteiger partial charge in [-0.15, -0.1) is 0 Å². The Morgan fingerprint density at radius 3 is 2.45 bits per heavy atom. The number of hydrogen-bond donors (Lipinski definition) is 0. The third-order valence-electron chi connectivity index (χ3n) is 6.24. The van der Waals surface area contributed by atoms with Gasteiger partial charge in [-0.05, 0) is 57.5 Å². The molecule has 0 saturated heterocycles. The van der Waals surface area contributed by atoms with Crippen LogP contribution in [0.1, 0.15) is 42.4 Å². The quantitative estimate of drug-likeness (QED) is 0.581. The molecule has 7 nitrogen and oxygen atoms in total. The van der Waals surface area contributed by atoms with Crippen LogP contribution in [0, 0.1) is 13.8 Å². The zero-order chi connectivity index (χ0) is 24.0. The van der Waals surface area contributed by atoms with Crippen molar-refractivity contribution in [2.24, 2.45) is 12.0 Å². The van der Waals surface area contributed by atoms with Gasteiger partial charge in [0.25, 0.3) is 5.56 Å². The molecule has 0 amide bonds. The number of ketones is 1. The number of benzene rings is 1. The smallest absolute Gasteiger partial charge is 0.271 e. The van der Waals surface area contributed by atoms with Gasteiger partial charge in [0.15, 0.2) is 10.6 Å². The fraction of sp³-hybridized carbons (Fsp3) is 0.320. The van der Waals surface area contributed by atoms with Gasteiger partial charge in [-0.2, -0.15) is 0 Å². The van der Waals surface area contributed by atoms with Gasteiger partial charge in [-0.3, -0.25) is 14.2 Å². The number of carbonyl (C=O) groups is 1. The number of rotatable bonds is 5. The van der Waals surface area contributed by atoms with Crippen molar-refractivity contribution in [1.29, 1.82) is 0 Å². The lowest BCUT2D eigenvalue weighted by atomic mass is 9.92. The van der Waals surface area contributed by atoms with Gasteiger partial charge in [0.2, 0.25) is 0 Å². The van der Waals surface area contributed by atoms with Crippen molar-refractivity contribution in [2.45, 2.75) is 33.7 Å². The molecule has 0 spiro atoms. The Morgan fingerprint density at radius 1 is 1.15 bits per heavy atom. The van der Waals surface area contributed by atoms with Gasteiger partial charge in [0, 0.05) is 41.3 Å². The molecule has 0 saturated carbocycles. The maximum atomic E-state index is 13.7. The Balaban J connectivity index is 2.02. The van der Waals surface area contributed by atoms with Crippen LogP contribution in [0.25, 0.3) is 6.08 Å². The van der Waals surface area contributed by atoms with E-state index in [9.17, 15) is 9.59 Å². The molecule has 0 N–H and O–H groups in total. The summed E-state index contributed by atoms with van der Waals surface area (Å²) in [5.74, 6) is 1.03. The first kappa shape index (κ1) is 22.8. The summed E-state index contributed by atoms with van der Waals surface area (Å²) in [6.07, 6.45) is 1.90. The molecule has 1 atom stereocenters. The SMILES string of the molecule is COc1ccc([C@@H]2C(C(C)=O)=C(C)N=c3s/c(=C\c4cc(C)n(C)c4C)c(=O)n32)c(OC)c1. The topological polar surface area (TPSA) is 74.8 Å². The van der Waals surface area contributed by atoms with Crippen LogP contribution in [0.3, 0.4) is 0 Å². The number of methoxy groups -OCH3 is 2. The highest BCUT2D eigenvalue weighted by atomic mass is 32.1. The van der Waals surface area contributed by atoms with Crippen molar-refractivity contribution in [2.75, 3.05) is 14.2 Å². The maximum absolute atomic E-state index is 13.7. The second kappa shape index (κ2) is 8.51. The summed E-state index contributed by atoms with van der Waals surface area (Å²) in [6, 6.07) is 6.82. The summed E-state index contributed by atoms with van der Waals surface area (Å²) in [4.78, 5) is 31.6. The fourth-order valence-electron chi connectivity index (χ4n) is 4.28. The lowest BCUT2D eigenvalue weighted by Crippen LogP contribution is -2.39. The third-order valence-corrected chi connectivity index (χ3v) is 7.22. The number of thiazole rings is 1. The molecule has 0 bridgehead atoms. The highest BCUT2D eigenvalue weighted by molar-refractivity contribution is 7.07. The van der Waals surface area contributed by atoms with E-state index in [1.807, 2.05) is 40.0 Å². The molecular weight excluding hydrogens is 438 g/mol. The van der Waals surface area contributed by atoms with E-state index in [0.717, 1.165) is 17.0 Å². The van der Waals surface area contributed by atoms with Gasteiger partial charge in [0.05, 0.1) is 24.8 Å². The predicted molar refractivity (Wildman–Crippen MR) is 129 cm³/mol. The van der Waals surface area contributed by atoms with Gasteiger partial charge in [-0.25, -0.2) is 4.99 Å². The molecule has 33 heavy (non-hydrogen) atoms. The molecule has 1 aromatic carbocycles. The van der Waals surface area contributed by atoms with Crippen LogP contribution in [0.4, 0.5) is 0 Å². The second-order valence-corrected chi connectivity index (χ2v) is 9.14. The van der Waals surface area contributed by atoms with Crippen molar-refractivity contribution >= 4 is 23.2 Å². The van der Waals surface area contributed by atoms with E-state index in [-0.39, 0.29) is 11.3 Å². The van der Waals surface area contributed by atoms with E-state index in [4.69, 9.17) is 9.47 Å². The van der Waals surface area contributed by atoms with E-state index in [0.29, 0.717) is 37.7 Å². The van der Waals surface area contributed by atoms with Crippen LogP contribution in [0.2, 0.25) is 0 Å². The van der Waals surface area contributed by atoms with Crippen molar-refractivity contribution < 1.29 is 14.3 Å². The van der Waals surface area contributed by atoms with Crippen LogP contribution in [0.15, 0.2) is 45.3 Å². The minimum Gasteiger partial charge on any atom is -0.497 e. The highest BCUT2D eigenvalue weighted by Crippen LogP contribution is 2.37. The third kappa shape index (κ3) is 3.74. The highest BCUT2D eigenvalue weighted by Gasteiger charge is 2.32. The molecule has 4 rings (SSSR count). The molecule has 1 aliphatic rings. The number of aryl methyl sites for hydroxylation is 1. The molecule has 1 aliphatic heterocycles. The van der Waals surface area contributed by atoms with Crippen molar-refractivity contribution in [3.63, 3.8) is 0 Å². The largest absolute Gasteiger partial charge is 0.497 e. The standard InChI is InChI=1S/C25H27N3O4S/c1-13-10-17(15(3)27(13)5)11-21-24(30)28-23(19-9-8-18(31-6)12-20(19)32-7)22(16(4)29)14(2)26-25(28)33-21/h8-12,23H,1-7H3/b21-11-/t23-/m1/s1. The Bertz CT molecular complexity index is 1490. The average Bonchev–Trinajstić information content (AvgIpc) is 3.22. The number of allylic oxidation sites excluding steroid dienone is 2. The summed E-state index contributed by atoms with van der Waals surface area (Å²) in [7, 11) is 5.14. The van der Waals surface area contributed by atoms with Gasteiger partial charge < -0.3 is 14.0 Å². The van der Waals surface area contributed by atoms with Crippen molar-refractivity contribution in [1.82, 2.24) is 9.13 Å². The zero-order valence-corrected chi connectivity index (χ0v) is 20.7. The predicted octanol–water partition coefficient (Wildman–Crippen LogP) is 2.80. The van der Waals surface area contributed by atoms with Gasteiger partial charge >= 0.3 is 0 Å². The number of Topliss-reactive ketones (excluding diaryl/α,β-unsaturated/α-hetero) is 1. The van der Waals surface area contributed by atoms with Crippen LogP contribution in [0.5, 0.6) is 11.5 Å². The van der Waals surface area contributed by atoms with Crippen molar-refractivity contribution in [3.05, 3.63) is 77.7 Å². The van der Waals surface area contributed by atoms with E-state index in [1.54, 1.807) is 30.9 Å².